The summed E-state index contributed by atoms with van der Waals surface area (Å²) < 4.78 is 0. The Balaban J connectivity index is 1.84. The van der Waals surface area contributed by atoms with E-state index in [1.165, 1.54) is 0 Å². The van der Waals surface area contributed by atoms with Crippen LogP contribution in [0.3, 0.4) is 0 Å². The van der Waals surface area contributed by atoms with Crippen molar-refractivity contribution in [3.05, 3.63) is 0 Å². The second-order valence-corrected chi connectivity index (χ2v) is 5.38. The zero-order valence-corrected chi connectivity index (χ0v) is 11.1. The quantitative estimate of drug-likeness (QED) is 0.660. The predicted octanol–water partition coefficient (Wildman–Crippen LogP) is 0.304. The zero-order chi connectivity index (χ0) is 13.0. The normalized spacial score (nSPS) is 31.4. The largest absolute Gasteiger partial charge is 0.352 e. The third-order valence-corrected chi connectivity index (χ3v) is 3.95. The molecule has 2 unspecified atom stereocenters. The summed E-state index contributed by atoms with van der Waals surface area (Å²) >= 11 is 0. The first-order valence-corrected chi connectivity index (χ1v) is 6.99. The van der Waals surface area contributed by atoms with Gasteiger partial charge in [-0.25, -0.2) is 0 Å². The first kappa shape index (κ1) is 13.3. The lowest BCUT2D eigenvalue weighted by Gasteiger charge is -2.28. The minimum absolute atomic E-state index is 0.0940. The lowest BCUT2D eigenvalue weighted by molar-refractivity contribution is -0.127. The Morgan fingerprint density at radius 1 is 1.56 bits per heavy atom. The maximum atomic E-state index is 12.3. The van der Waals surface area contributed by atoms with Crippen molar-refractivity contribution >= 4 is 11.8 Å². The highest BCUT2D eigenvalue weighted by Gasteiger charge is 2.40. The van der Waals surface area contributed by atoms with E-state index in [-0.39, 0.29) is 23.4 Å². The Morgan fingerprint density at radius 2 is 2.39 bits per heavy atom. The minimum Gasteiger partial charge on any atom is -0.352 e. The summed E-state index contributed by atoms with van der Waals surface area (Å²) in [6, 6.07) is 0.113. The van der Waals surface area contributed by atoms with Gasteiger partial charge in [0.1, 0.15) is 0 Å². The van der Waals surface area contributed by atoms with Gasteiger partial charge in [0.15, 0.2) is 0 Å². The van der Waals surface area contributed by atoms with Crippen LogP contribution in [0.4, 0.5) is 0 Å². The smallest absolute Gasteiger partial charge is 0.240 e. The van der Waals surface area contributed by atoms with Crippen LogP contribution in [0.5, 0.6) is 0 Å². The van der Waals surface area contributed by atoms with Crippen molar-refractivity contribution < 1.29 is 9.59 Å². The number of carbonyl (C=O) groups is 2. The van der Waals surface area contributed by atoms with Gasteiger partial charge in [0.2, 0.25) is 11.8 Å². The van der Waals surface area contributed by atoms with Crippen LogP contribution >= 0.6 is 0 Å². The molecule has 2 rings (SSSR count). The van der Waals surface area contributed by atoms with Crippen molar-refractivity contribution in [1.29, 1.82) is 0 Å². The fourth-order valence-corrected chi connectivity index (χ4v) is 2.97. The molecule has 2 saturated heterocycles. The van der Waals surface area contributed by atoms with E-state index in [0.29, 0.717) is 13.0 Å². The van der Waals surface area contributed by atoms with Crippen LogP contribution in [0.1, 0.15) is 45.4 Å². The fourth-order valence-electron chi connectivity index (χ4n) is 2.97. The maximum absolute atomic E-state index is 12.3. The Kier molecular flexibility index (Phi) is 4.22. The van der Waals surface area contributed by atoms with Crippen molar-refractivity contribution in [1.82, 2.24) is 16.0 Å². The molecule has 0 aromatic heterocycles. The zero-order valence-electron chi connectivity index (χ0n) is 11.1. The molecule has 2 amide bonds. The van der Waals surface area contributed by atoms with Gasteiger partial charge in [-0.15, -0.1) is 0 Å². The molecule has 18 heavy (non-hydrogen) atoms. The summed E-state index contributed by atoms with van der Waals surface area (Å²) in [4.78, 5) is 23.4. The molecule has 2 aliphatic heterocycles. The highest BCUT2D eigenvalue weighted by Crippen LogP contribution is 2.24. The van der Waals surface area contributed by atoms with Crippen molar-refractivity contribution in [2.45, 2.75) is 57.0 Å². The highest BCUT2D eigenvalue weighted by molar-refractivity contribution is 5.87. The maximum Gasteiger partial charge on any atom is 0.240 e. The Morgan fingerprint density at radius 3 is 2.94 bits per heavy atom. The van der Waals surface area contributed by atoms with Crippen LogP contribution in [0.2, 0.25) is 0 Å². The molecule has 3 N–H and O–H groups in total. The third kappa shape index (κ3) is 2.83. The summed E-state index contributed by atoms with van der Waals surface area (Å²) in [5.41, 5.74) is -0.364. The van der Waals surface area contributed by atoms with Crippen molar-refractivity contribution in [3.63, 3.8) is 0 Å². The fraction of sp³-hybridized carbons (Fsp3) is 0.846. The molecule has 0 spiro atoms. The number of hydrogen-bond acceptors (Lipinski definition) is 3. The minimum atomic E-state index is -0.364. The molecular weight excluding hydrogens is 230 g/mol. The van der Waals surface area contributed by atoms with E-state index >= 15 is 0 Å². The van der Waals surface area contributed by atoms with E-state index in [1.54, 1.807) is 0 Å². The monoisotopic (exact) mass is 253 g/mol. The van der Waals surface area contributed by atoms with E-state index in [9.17, 15) is 9.59 Å². The molecular formula is C13H23N3O2. The second kappa shape index (κ2) is 5.69. The van der Waals surface area contributed by atoms with Crippen LogP contribution < -0.4 is 16.0 Å². The molecule has 2 aliphatic rings. The molecule has 0 aromatic rings. The molecule has 0 bridgehead atoms. The third-order valence-electron chi connectivity index (χ3n) is 3.95. The SMILES string of the molecule is CCCC1(C(=O)NCC2CCC(=O)N2)CCCN1. The summed E-state index contributed by atoms with van der Waals surface area (Å²) in [6.07, 6.45) is 5.28. The average Bonchev–Trinajstić information content (AvgIpc) is 2.97. The summed E-state index contributed by atoms with van der Waals surface area (Å²) in [5.74, 6) is 0.194. The highest BCUT2D eigenvalue weighted by atomic mass is 16.2. The van der Waals surface area contributed by atoms with E-state index in [1.807, 2.05) is 0 Å². The number of carbonyl (C=O) groups excluding carboxylic acids is 2. The first-order valence-electron chi connectivity index (χ1n) is 6.99. The first-order chi connectivity index (χ1) is 8.66. The molecule has 5 heteroatoms. The topological polar surface area (TPSA) is 70.2 Å². The lowest BCUT2D eigenvalue weighted by atomic mass is 9.91. The van der Waals surface area contributed by atoms with Crippen molar-refractivity contribution in [2.75, 3.05) is 13.1 Å². The van der Waals surface area contributed by atoms with Gasteiger partial charge in [0, 0.05) is 19.0 Å². The van der Waals surface area contributed by atoms with Gasteiger partial charge in [-0.1, -0.05) is 13.3 Å². The molecule has 0 radical (unpaired) electrons. The molecule has 2 heterocycles. The van der Waals surface area contributed by atoms with Gasteiger partial charge in [-0.2, -0.15) is 0 Å². The Hall–Kier alpha value is -1.10. The van der Waals surface area contributed by atoms with Gasteiger partial charge < -0.3 is 16.0 Å². The van der Waals surface area contributed by atoms with Crippen LogP contribution in [0.25, 0.3) is 0 Å². The number of rotatable bonds is 5. The van der Waals surface area contributed by atoms with Crippen LogP contribution in [0.15, 0.2) is 0 Å². The van der Waals surface area contributed by atoms with Crippen LogP contribution in [0, 0.1) is 0 Å². The van der Waals surface area contributed by atoms with E-state index in [2.05, 4.69) is 22.9 Å². The molecule has 0 saturated carbocycles. The van der Waals surface area contributed by atoms with Gasteiger partial charge in [0.05, 0.1) is 5.54 Å². The van der Waals surface area contributed by atoms with Gasteiger partial charge in [-0.3, -0.25) is 9.59 Å². The Bertz CT molecular complexity index is 324. The summed E-state index contributed by atoms with van der Waals surface area (Å²) in [5, 5.41) is 9.22. The number of nitrogens with one attached hydrogen (secondary N) is 3. The van der Waals surface area contributed by atoms with E-state index in [0.717, 1.165) is 38.6 Å². The van der Waals surface area contributed by atoms with Crippen LogP contribution in [-0.4, -0.2) is 36.5 Å². The molecule has 2 atom stereocenters. The second-order valence-electron chi connectivity index (χ2n) is 5.38. The molecule has 5 nitrogen and oxygen atoms in total. The predicted molar refractivity (Wildman–Crippen MR) is 69.1 cm³/mol. The molecule has 0 aromatic carbocycles. The van der Waals surface area contributed by atoms with Gasteiger partial charge in [-0.05, 0) is 32.2 Å². The summed E-state index contributed by atoms with van der Waals surface area (Å²) in [7, 11) is 0. The van der Waals surface area contributed by atoms with Crippen molar-refractivity contribution in [3.8, 4) is 0 Å². The molecule has 0 aliphatic carbocycles. The van der Waals surface area contributed by atoms with E-state index in [4.69, 9.17) is 0 Å². The summed E-state index contributed by atoms with van der Waals surface area (Å²) in [6.45, 7) is 3.58. The molecule has 2 fully saturated rings. The average molecular weight is 253 g/mol. The van der Waals surface area contributed by atoms with Gasteiger partial charge in [0.25, 0.3) is 0 Å². The van der Waals surface area contributed by atoms with Gasteiger partial charge >= 0.3 is 0 Å². The lowest BCUT2D eigenvalue weighted by Crippen LogP contribution is -2.55. The van der Waals surface area contributed by atoms with Crippen molar-refractivity contribution in [2.24, 2.45) is 0 Å². The molecule has 102 valence electrons. The van der Waals surface area contributed by atoms with E-state index < -0.39 is 0 Å². The number of amides is 2. The van der Waals surface area contributed by atoms with Crippen LogP contribution in [-0.2, 0) is 9.59 Å². The number of hydrogen-bond donors (Lipinski definition) is 3. The Labute approximate surface area is 108 Å². The standard InChI is InChI=1S/C13H23N3O2/c1-2-6-13(7-3-8-15-13)12(18)14-9-10-4-5-11(17)16-10/h10,15H,2-9H2,1H3,(H,14,18)(H,16,17).